The highest BCUT2D eigenvalue weighted by molar-refractivity contribution is 7.09. The summed E-state index contributed by atoms with van der Waals surface area (Å²) < 4.78 is 0. The Morgan fingerprint density at radius 2 is 2.17 bits per heavy atom. The third-order valence-electron chi connectivity index (χ3n) is 4.39. The summed E-state index contributed by atoms with van der Waals surface area (Å²) in [6.45, 7) is 8.20. The maximum Gasteiger partial charge on any atom is 0.323 e. The maximum atomic E-state index is 11.8. The quantitative estimate of drug-likeness (QED) is 0.851. The van der Waals surface area contributed by atoms with Crippen LogP contribution < -0.4 is 0 Å². The van der Waals surface area contributed by atoms with Gasteiger partial charge in [-0.1, -0.05) is 13.8 Å². The SMILES string of the molecule is CC(=O)N(CC(=O)O)C1CCCN(Cc2csc(C(C)C)n2)CC1. The second kappa shape index (κ2) is 8.58. The molecule has 1 atom stereocenters. The highest BCUT2D eigenvalue weighted by atomic mass is 32.1. The molecule has 1 aliphatic heterocycles. The summed E-state index contributed by atoms with van der Waals surface area (Å²) in [7, 11) is 0. The molecule has 1 saturated heterocycles. The van der Waals surface area contributed by atoms with Crippen LogP contribution in [0.2, 0.25) is 0 Å². The summed E-state index contributed by atoms with van der Waals surface area (Å²) in [5.41, 5.74) is 1.11. The Bertz CT molecular complexity index is 573. The van der Waals surface area contributed by atoms with Crippen LogP contribution in [0.3, 0.4) is 0 Å². The molecule has 1 fully saturated rings. The van der Waals surface area contributed by atoms with Gasteiger partial charge in [-0.15, -0.1) is 11.3 Å². The van der Waals surface area contributed by atoms with Gasteiger partial charge in [0.15, 0.2) is 0 Å². The van der Waals surface area contributed by atoms with E-state index >= 15 is 0 Å². The summed E-state index contributed by atoms with van der Waals surface area (Å²) in [4.78, 5) is 31.3. The first-order valence-corrected chi connectivity index (χ1v) is 9.40. The Hall–Kier alpha value is -1.47. The lowest BCUT2D eigenvalue weighted by Crippen LogP contribution is -2.42. The van der Waals surface area contributed by atoms with Crippen molar-refractivity contribution < 1.29 is 14.7 Å². The lowest BCUT2D eigenvalue weighted by molar-refractivity contribution is -0.145. The minimum absolute atomic E-state index is 0.0188. The summed E-state index contributed by atoms with van der Waals surface area (Å²) in [5.74, 6) is -0.649. The van der Waals surface area contributed by atoms with Crippen molar-refractivity contribution in [3.05, 3.63) is 16.1 Å². The molecule has 24 heavy (non-hydrogen) atoms. The second-order valence-electron chi connectivity index (χ2n) is 6.73. The zero-order valence-corrected chi connectivity index (χ0v) is 15.5. The number of rotatable bonds is 6. The molecule has 0 aromatic carbocycles. The van der Waals surface area contributed by atoms with E-state index in [0.29, 0.717) is 5.92 Å². The van der Waals surface area contributed by atoms with Crippen LogP contribution in [0, 0.1) is 0 Å². The number of carbonyl (C=O) groups excluding carboxylic acids is 1. The molecule has 1 aromatic rings. The molecular weight excluding hydrogens is 326 g/mol. The molecule has 0 bridgehead atoms. The van der Waals surface area contributed by atoms with E-state index in [0.717, 1.165) is 44.6 Å². The molecule has 134 valence electrons. The van der Waals surface area contributed by atoms with Gasteiger partial charge in [0.1, 0.15) is 6.54 Å². The Kier molecular flexibility index (Phi) is 6.74. The zero-order valence-electron chi connectivity index (χ0n) is 14.7. The van der Waals surface area contributed by atoms with Gasteiger partial charge in [-0.25, -0.2) is 4.98 Å². The van der Waals surface area contributed by atoms with Crippen LogP contribution in [0.4, 0.5) is 0 Å². The number of hydrogen-bond acceptors (Lipinski definition) is 5. The molecule has 1 aliphatic rings. The fourth-order valence-corrected chi connectivity index (χ4v) is 3.97. The van der Waals surface area contributed by atoms with E-state index in [-0.39, 0.29) is 18.5 Å². The molecule has 0 spiro atoms. The monoisotopic (exact) mass is 353 g/mol. The first-order valence-electron chi connectivity index (χ1n) is 8.52. The van der Waals surface area contributed by atoms with Crippen LogP contribution in [0.25, 0.3) is 0 Å². The van der Waals surface area contributed by atoms with Gasteiger partial charge in [-0.2, -0.15) is 0 Å². The van der Waals surface area contributed by atoms with E-state index in [1.807, 2.05) is 0 Å². The van der Waals surface area contributed by atoms with Gasteiger partial charge in [-0.3, -0.25) is 14.5 Å². The van der Waals surface area contributed by atoms with Gasteiger partial charge >= 0.3 is 5.97 Å². The van der Waals surface area contributed by atoms with Gasteiger partial charge in [0, 0.05) is 37.4 Å². The molecule has 7 heteroatoms. The fraction of sp³-hybridized carbons (Fsp3) is 0.706. The molecule has 2 rings (SSSR count). The van der Waals surface area contributed by atoms with Gasteiger partial charge in [-0.05, 0) is 25.8 Å². The average Bonchev–Trinajstić information content (AvgIpc) is 2.84. The average molecular weight is 353 g/mol. The molecule has 1 amide bonds. The standard InChI is InChI=1S/C17H27N3O3S/c1-12(2)17-18-14(11-24-17)9-19-7-4-5-15(6-8-19)20(13(3)21)10-16(22)23/h11-12,15H,4-10H2,1-3H3,(H,22,23). The van der Waals surface area contributed by atoms with Crippen LogP contribution in [-0.2, 0) is 16.1 Å². The van der Waals surface area contributed by atoms with Gasteiger partial charge in [0.05, 0.1) is 10.7 Å². The molecule has 2 heterocycles. The van der Waals surface area contributed by atoms with E-state index in [2.05, 4.69) is 24.1 Å². The number of carboxylic acids is 1. The maximum absolute atomic E-state index is 11.8. The largest absolute Gasteiger partial charge is 0.480 e. The summed E-state index contributed by atoms with van der Waals surface area (Å²) in [6.07, 6.45) is 2.64. The van der Waals surface area contributed by atoms with Gasteiger partial charge in [0.25, 0.3) is 0 Å². The number of amides is 1. The van der Waals surface area contributed by atoms with Crippen molar-refractivity contribution in [2.24, 2.45) is 0 Å². The molecular formula is C17H27N3O3S. The first-order chi connectivity index (χ1) is 11.4. The smallest absolute Gasteiger partial charge is 0.323 e. The summed E-state index contributed by atoms with van der Waals surface area (Å²) >= 11 is 1.71. The first kappa shape index (κ1) is 18.9. The second-order valence-corrected chi connectivity index (χ2v) is 7.62. The van der Waals surface area contributed by atoms with E-state index in [1.165, 1.54) is 16.8 Å². The van der Waals surface area contributed by atoms with Crippen molar-refractivity contribution in [3.63, 3.8) is 0 Å². The summed E-state index contributed by atoms with van der Waals surface area (Å²) in [6, 6.07) is 0.0188. The third kappa shape index (κ3) is 5.27. The van der Waals surface area contributed by atoms with Crippen LogP contribution in [-0.4, -0.2) is 57.4 Å². The normalized spacial score (nSPS) is 19.2. The Balaban J connectivity index is 1.93. The van der Waals surface area contributed by atoms with Crippen molar-refractivity contribution in [3.8, 4) is 0 Å². The topological polar surface area (TPSA) is 73.7 Å². The van der Waals surface area contributed by atoms with Gasteiger partial charge < -0.3 is 10.0 Å². The van der Waals surface area contributed by atoms with Crippen molar-refractivity contribution in [1.29, 1.82) is 0 Å². The lowest BCUT2D eigenvalue weighted by atomic mass is 10.1. The number of likely N-dealkylation sites (tertiary alicyclic amines) is 1. The van der Waals surface area contributed by atoms with Crippen molar-refractivity contribution in [2.45, 2.75) is 58.5 Å². The highest BCUT2D eigenvalue weighted by Crippen LogP contribution is 2.22. The molecule has 1 unspecified atom stereocenters. The minimum Gasteiger partial charge on any atom is -0.480 e. The van der Waals surface area contributed by atoms with Crippen LogP contribution in [0.15, 0.2) is 5.38 Å². The number of aliphatic carboxylic acids is 1. The molecule has 0 aliphatic carbocycles. The van der Waals surface area contributed by atoms with Crippen molar-refractivity contribution in [2.75, 3.05) is 19.6 Å². The Morgan fingerprint density at radius 1 is 1.42 bits per heavy atom. The van der Waals surface area contributed by atoms with E-state index < -0.39 is 5.97 Å². The number of aromatic nitrogens is 1. The Morgan fingerprint density at radius 3 is 2.75 bits per heavy atom. The van der Waals surface area contributed by atoms with Crippen LogP contribution in [0.5, 0.6) is 0 Å². The third-order valence-corrected chi connectivity index (χ3v) is 5.58. The van der Waals surface area contributed by atoms with E-state index in [1.54, 1.807) is 11.3 Å². The number of hydrogen-bond donors (Lipinski definition) is 1. The zero-order chi connectivity index (χ0) is 17.7. The predicted octanol–water partition coefficient (Wildman–Crippen LogP) is 2.55. The highest BCUT2D eigenvalue weighted by Gasteiger charge is 2.26. The van der Waals surface area contributed by atoms with Crippen molar-refractivity contribution >= 4 is 23.2 Å². The molecule has 1 aromatic heterocycles. The lowest BCUT2D eigenvalue weighted by Gasteiger charge is -2.28. The number of nitrogens with zero attached hydrogens (tertiary/aromatic N) is 3. The molecule has 1 N–H and O–H groups in total. The molecule has 6 nitrogen and oxygen atoms in total. The number of carboxylic acid groups (broad SMARTS) is 1. The van der Waals surface area contributed by atoms with Gasteiger partial charge in [0.2, 0.25) is 5.91 Å². The fourth-order valence-electron chi connectivity index (χ4n) is 3.14. The van der Waals surface area contributed by atoms with Crippen LogP contribution in [0.1, 0.15) is 56.7 Å². The van der Waals surface area contributed by atoms with E-state index in [4.69, 9.17) is 10.1 Å². The molecule has 0 radical (unpaired) electrons. The number of thiazole rings is 1. The molecule has 0 saturated carbocycles. The number of carbonyl (C=O) groups is 2. The van der Waals surface area contributed by atoms with Crippen LogP contribution >= 0.6 is 11.3 Å². The van der Waals surface area contributed by atoms with Crippen molar-refractivity contribution in [1.82, 2.24) is 14.8 Å². The van der Waals surface area contributed by atoms with E-state index in [9.17, 15) is 9.59 Å². The predicted molar refractivity (Wildman–Crippen MR) is 94.1 cm³/mol. The minimum atomic E-state index is -0.949. The summed E-state index contributed by atoms with van der Waals surface area (Å²) in [5, 5.41) is 12.3. The Labute approximate surface area is 147 Å².